The number of alkyl halides is 2. The first-order valence-electron chi connectivity index (χ1n) is 11.4. The fraction of sp³-hybridized carbons (Fsp3) is 0.217. The van der Waals surface area contributed by atoms with Gasteiger partial charge in [0.25, 0.3) is 6.43 Å². The van der Waals surface area contributed by atoms with E-state index in [0.29, 0.717) is 41.8 Å². The van der Waals surface area contributed by atoms with Crippen molar-refractivity contribution in [2.75, 3.05) is 17.2 Å². The van der Waals surface area contributed by atoms with Gasteiger partial charge in [-0.25, -0.2) is 23.7 Å². The highest BCUT2D eigenvalue weighted by atomic mass is 32.2. The van der Waals surface area contributed by atoms with E-state index in [-0.39, 0.29) is 27.6 Å². The molecule has 4 aromatic heterocycles. The summed E-state index contributed by atoms with van der Waals surface area (Å²) in [5.74, 6) is 0.227. The van der Waals surface area contributed by atoms with Crippen LogP contribution in [0.1, 0.15) is 23.6 Å². The summed E-state index contributed by atoms with van der Waals surface area (Å²) in [4.78, 5) is 15.3. The number of hydrogen-bond acceptors (Lipinski definition) is 10. The lowest BCUT2D eigenvalue weighted by Crippen LogP contribution is -2.16. The zero-order valence-electron chi connectivity index (χ0n) is 19.7. The van der Waals surface area contributed by atoms with Crippen molar-refractivity contribution >= 4 is 56.6 Å². The number of H-pyrrole nitrogens is 1. The first-order chi connectivity index (χ1) is 18.3. The molecule has 5 heterocycles. The smallest absolute Gasteiger partial charge is 0.295 e. The van der Waals surface area contributed by atoms with Gasteiger partial charge in [0.05, 0.1) is 36.8 Å². The first-order valence-corrected chi connectivity index (χ1v) is 13.3. The third-order valence-corrected chi connectivity index (χ3v) is 7.51. The van der Waals surface area contributed by atoms with Crippen LogP contribution in [0.2, 0.25) is 0 Å². The molecule has 38 heavy (non-hydrogen) atoms. The Bertz CT molecular complexity index is 1660. The van der Waals surface area contributed by atoms with E-state index in [1.807, 2.05) is 23.1 Å². The van der Waals surface area contributed by atoms with Gasteiger partial charge < -0.3 is 24.9 Å². The number of halogens is 2. The summed E-state index contributed by atoms with van der Waals surface area (Å²) in [6.45, 7) is 3.45. The zero-order valence-corrected chi connectivity index (χ0v) is 21.3. The number of anilines is 4. The van der Waals surface area contributed by atoms with Crippen molar-refractivity contribution in [2.45, 2.75) is 31.4 Å². The van der Waals surface area contributed by atoms with Crippen molar-refractivity contribution in [3.63, 3.8) is 0 Å². The molecule has 196 valence electrons. The summed E-state index contributed by atoms with van der Waals surface area (Å²) in [5, 5.41) is 13.2. The van der Waals surface area contributed by atoms with Gasteiger partial charge >= 0.3 is 0 Å². The quantitative estimate of drug-likeness (QED) is 0.241. The van der Waals surface area contributed by atoms with Crippen LogP contribution in [0, 0.1) is 6.92 Å². The molecule has 1 atom stereocenters. The minimum absolute atomic E-state index is 0.00907. The number of ether oxygens (including phenoxy) is 1. The molecular weight excluding hydrogens is 538 g/mol. The second-order valence-corrected chi connectivity index (χ2v) is 10.2. The van der Waals surface area contributed by atoms with Crippen molar-refractivity contribution < 1.29 is 22.3 Å². The highest BCUT2D eigenvalue weighted by molar-refractivity contribution is 7.79. The van der Waals surface area contributed by atoms with Crippen LogP contribution in [-0.4, -0.2) is 45.1 Å². The van der Waals surface area contributed by atoms with E-state index in [9.17, 15) is 17.5 Å². The second-order valence-electron chi connectivity index (χ2n) is 8.46. The average molecular weight is 558 g/mol. The molecule has 1 unspecified atom stereocenters. The molecule has 0 radical (unpaired) electrons. The molecule has 15 heteroatoms. The summed E-state index contributed by atoms with van der Waals surface area (Å²) in [7, 11) is 0. The van der Waals surface area contributed by atoms with Crippen molar-refractivity contribution in [3.05, 3.63) is 52.9 Å². The Morgan fingerprint density at radius 2 is 2.03 bits per heavy atom. The number of rotatable bonds is 7. The third-order valence-electron chi connectivity index (χ3n) is 5.80. The summed E-state index contributed by atoms with van der Waals surface area (Å²) in [6, 6.07) is 8.23. The van der Waals surface area contributed by atoms with Gasteiger partial charge in [-0.3, -0.25) is 8.89 Å². The number of thiazole rings is 1. The Kier molecular flexibility index (Phi) is 6.35. The van der Waals surface area contributed by atoms with Crippen molar-refractivity contribution in [1.29, 1.82) is 0 Å². The molecule has 1 aliphatic heterocycles. The fourth-order valence-corrected chi connectivity index (χ4v) is 5.40. The molecule has 5 aromatic rings. The molecule has 11 nitrogen and oxygen atoms in total. The molecule has 1 aliphatic rings. The van der Waals surface area contributed by atoms with E-state index in [1.165, 1.54) is 17.4 Å². The fourth-order valence-electron chi connectivity index (χ4n) is 4.09. The lowest BCUT2D eigenvalue weighted by atomic mass is 10.2. The Balaban J connectivity index is 1.40. The van der Waals surface area contributed by atoms with Gasteiger partial charge in [0.1, 0.15) is 16.3 Å². The number of pyridine rings is 1. The van der Waals surface area contributed by atoms with Crippen LogP contribution >= 0.6 is 11.3 Å². The standard InChI is InChI=1S/C23H20F2N8O3S2/c1-11-10-37-23(26-11)12-2-3-14(16(6-12)38(34)35)27-15-8-17(29-21-19(15)30-22(31-21)20(24)25)28-18-7-13-9-36-5-4-33(13)32-18/h2-3,6-8,10,20H,4-5,9H2,1H3,(H,34,35)(H3,27,28,29,30,31,32)/p-1. The predicted octanol–water partition coefficient (Wildman–Crippen LogP) is 4.78. The number of nitrogens with zero attached hydrogens (tertiary/aromatic N) is 5. The molecule has 0 aliphatic carbocycles. The van der Waals surface area contributed by atoms with Gasteiger partial charge in [-0.15, -0.1) is 11.3 Å². The van der Waals surface area contributed by atoms with E-state index >= 15 is 0 Å². The van der Waals surface area contributed by atoms with Crippen LogP contribution in [0.15, 0.2) is 40.6 Å². The van der Waals surface area contributed by atoms with Gasteiger partial charge in [0.15, 0.2) is 17.3 Å². The molecule has 0 bridgehead atoms. The Morgan fingerprint density at radius 3 is 2.76 bits per heavy atom. The van der Waals surface area contributed by atoms with Crippen LogP contribution in [0.5, 0.6) is 0 Å². The largest absolute Gasteiger partial charge is 0.768 e. The maximum atomic E-state index is 13.5. The van der Waals surface area contributed by atoms with E-state index in [2.05, 4.69) is 35.7 Å². The number of fused-ring (bicyclic) bond motifs is 2. The van der Waals surface area contributed by atoms with Crippen molar-refractivity contribution in [2.24, 2.45) is 0 Å². The summed E-state index contributed by atoms with van der Waals surface area (Å²) < 4.78 is 58.4. The third kappa shape index (κ3) is 4.76. The number of aromatic nitrogens is 6. The Labute approximate surface area is 220 Å². The van der Waals surface area contributed by atoms with Crippen LogP contribution in [0.3, 0.4) is 0 Å². The minimum Gasteiger partial charge on any atom is -0.768 e. The highest BCUT2D eigenvalue weighted by Crippen LogP contribution is 2.34. The highest BCUT2D eigenvalue weighted by Gasteiger charge is 2.19. The van der Waals surface area contributed by atoms with Gasteiger partial charge in [0.2, 0.25) is 0 Å². The van der Waals surface area contributed by atoms with Crippen LogP contribution in [0.4, 0.5) is 31.8 Å². The van der Waals surface area contributed by atoms with Gasteiger partial charge in [-0.2, -0.15) is 5.10 Å². The molecule has 0 fully saturated rings. The normalized spacial score (nSPS) is 14.1. The summed E-state index contributed by atoms with van der Waals surface area (Å²) >= 11 is -1.19. The molecule has 1 aromatic carbocycles. The average Bonchev–Trinajstić information content (AvgIpc) is 3.62. The number of aromatic amines is 1. The topological polar surface area (TPSA) is 146 Å². The number of hydrogen-bond donors (Lipinski definition) is 3. The minimum atomic E-state index is -2.85. The molecule has 0 saturated carbocycles. The lowest BCUT2D eigenvalue weighted by molar-refractivity contribution is 0.0801. The molecule has 6 rings (SSSR count). The summed E-state index contributed by atoms with van der Waals surface area (Å²) in [5.41, 5.74) is 3.13. The molecule has 3 N–H and O–H groups in total. The van der Waals surface area contributed by atoms with E-state index in [1.54, 1.807) is 18.2 Å². The first kappa shape index (κ1) is 24.5. The van der Waals surface area contributed by atoms with Gasteiger partial charge in [-0.1, -0.05) is 0 Å². The lowest BCUT2D eigenvalue weighted by Gasteiger charge is -2.16. The zero-order chi connectivity index (χ0) is 26.4. The van der Waals surface area contributed by atoms with Crippen molar-refractivity contribution in [1.82, 2.24) is 29.7 Å². The molecule has 0 saturated heterocycles. The Hall–Kier alpha value is -3.79. The SMILES string of the molecule is Cc1csc(-c2ccc(Nc3cc(Nc4cc5n(n4)CCOC5)nc4nc(C(F)F)[nH]c34)c(S(=O)[O-])c2)n1. The van der Waals surface area contributed by atoms with Crippen LogP contribution in [0.25, 0.3) is 21.7 Å². The maximum Gasteiger partial charge on any atom is 0.295 e. The second kappa shape index (κ2) is 9.83. The van der Waals surface area contributed by atoms with E-state index in [4.69, 9.17) is 4.74 Å². The van der Waals surface area contributed by atoms with Crippen molar-refractivity contribution in [3.8, 4) is 10.6 Å². The Morgan fingerprint density at radius 1 is 1.16 bits per heavy atom. The summed E-state index contributed by atoms with van der Waals surface area (Å²) in [6.07, 6.45) is -2.85. The van der Waals surface area contributed by atoms with Crippen LogP contribution in [-0.2, 0) is 29.0 Å². The number of nitrogens with one attached hydrogen (secondary N) is 3. The molecule has 0 amide bonds. The van der Waals surface area contributed by atoms with Gasteiger partial charge in [-0.05, 0) is 36.2 Å². The number of imidazole rings is 1. The molecular formula is C23H19F2N8O3S2-. The number of benzene rings is 1. The van der Waals surface area contributed by atoms with Gasteiger partial charge in [0, 0.05) is 33.7 Å². The molecule has 0 spiro atoms. The number of aryl methyl sites for hydroxylation is 1. The predicted molar refractivity (Wildman–Crippen MR) is 137 cm³/mol. The van der Waals surface area contributed by atoms with E-state index < -0.39 is 23.3 Å². The van der Waals surface area contributed by atoms with E-state index in [0.717, 1.165) is 11.4 Å². The van der Waals surface area contributed by atoms with Crippen LogP contribution < -0.4 is 10.6 Å². The maximum absolute atomic E-state index is 13.5. The monoisotopic (exact) mass is 557 g/mol.